The lowest BCUT2D eigenvalue weighted by Gasteiger charge is -2.39. The minimum absolute atomic E-state index is 0.106. The maximum Gasteiger partial charge on any atom is 0.338 e. The number of ether oxygens (including phenoxy) is 3. The molecule has 0 N–H and O–H groups in total. The number of benzene rings is 1. The van der Waals surface area contributed by atoms with E-state index in [0.717, 1.165) is 25.8 Å². The van der Waals surface area contributed by atoms with Crippen LogP contribution in [0.15, 0.2) is 18.2 Å². The molecule has 3 aliphatic rings. The first-order chi connectivity index (χ1) is 12.2. The summed E-state index contributed by atoms with van der Waals surface area (Å²) in [5.74, 6) is 0.503. The number of carbonyl (C=O) groups excluding carboxylic acids is 2. The van der Waals surface area contributed by atoms with Gasteiger partial charge in [0.1, 0.15) is 0 Å². The molecule has 2 heterocycles. The number of esters is 1. The van der Waals surface area contributed by atoms with Gasteiger partial charge < -0.3 is 19.1 Å². The van der Waals surface area contributed by atoms with E-state index in [4.69, 9.17) is 14.2 Å². The number of amides is 1. The highest BCUT2D eigenvalue weighted by Crippen LogP contribution is 2.52. The van der Waals surface area contributed by atoms with E-state index in [2.05, 4.69) is 20.8 Å². The molecule has 0 spiro atoms. The Kier molecular flexibility index (Phi) is 3.90. The molecule has 2 atom stereocenters. The van der Waals surface area contributed by atoms with Crippen LogP contribution in [-0.2, 0) is 9.53 Å². The molecule has 26 heavy (non-hydrogen) atoms. The molecular formula is C20H25NO5. The maximum absolute atomic E-state index is 12.7. The van der Waals surface area contributed by atoms with Crippen molar-refractivity contribution in [3.05, 3.63) is 23.8 Å². The maximum atomic E-state index is 12.7. The highest BCUT2D eigenvalue weighted by atomic mass is 16.7. The molecule has 4 rings (SSSR count). The van der Waals surface area contributed by atoms with E-state index in [1.807, 2.05) is 4.90 Å². The molecule has 0 radical (unpaired) electrons. The lowest BCUT2D eigenvalue weighted by molar-refractivity contribution is -0.135. The zero-order chi connectivity index (χ0) is 18.5. The van der Waals surface area contributed by atoms with Gasteiger partial charge in [-0.3, -0.25) is 4.79 Å². The average molecular weight is 359 g/mol. The Morgan fingerprint density at radius 1 is 1.19 bits per heavy atom. The summed E-state index contributed by atoms with van der Waals surface area (Å²) in [5, 5.41) is 0. The summed E-state index contributed by atoms with van der Waals surface area (Å²) in [5.41, 5.74) is 0.773. The molecule has 1 aromatic carbocycles. The topological polar surface area (TPSA) is 65.1 Å². The number of likely N-dealkylation sites (tertiary alicyclic amines) is 1. The Labute approximate surface area is 153 Å². The first-order valence-electron chi connectivity index (χ1n) is 9.11. The average Bonchev–Trinajstić information content (AvgIpc) is 3.12. The first-order valence-corrected chi connectivity index (χ1v) is 9.11. The lowest BCUT2D eigenvalue weighted by Crippen LogP contribution is -2.39. The summed E-state index contributed by atoms with van der Waals surface area (Å²) in [6.45, 7) is 7.47. The molecule has 6 heteroatoms. The number of hydrogen-bond donors (Lipinski definition) is 0. The van der Waals surface area contributed by atoms with E-state index in [0.29, 0.717) is 17.1 Å². The number of rotatable bonds is 3. The molecule has 140 valence electrons. The first kappa shape index (κ1) is 17.2. The standard InChI is InChI=1S/C20H25NO5/c1-19(2)7-14-8-20(3,10-19)11-21(14)17(22)9-24-18(23)13-4-5-15-16(6-13)26-12-25-15/h4-6,14H,7-12H2,1-3H3. The van der Waals surface area contributed by atoms with Crippen molar-refractivity contribution in [3.63, 3.8) is 0 Å². The highest BCUT2D eigenvalue weighted by Gasteiger charge is 2.50. The van der Waals surface area contributed by atoms with E-state index < -0.39 is 5.97 Å². The Hall–Kier alpha value is -2.24. The smallest absolute Gasteiger partial charge is 0.338 e. The van der Waals surface area contributed by atoms with Gasteiger partial charge in [-0.05, 0) is 48.3 Å². The van der Waals surface area contributed by atoms with Crippen LogP contribution in [-0.4, -0.2) is 42.8 Å². The van der Waals surface area contributed by atoms with Gasteiger partial charge in [0.2, 0.25) is 6.79 Å². The molecule has 2 bridgehead atoms. The van der Waals surface area contributed by atoms with Crippen LogP contribution >= 0.6 is 0 Å². The minimum atomic E-state index is -0.523. The predicted molar refractivity (Wildman–Crippen MR) is 94.1 cm³/mol. The minimum Gasteiger partial charge on any atom is -0.454 e. The van der Waals surface area contributed by atoms with Crippen LogP contribution in [0.1, 0.15) is 50.4 Å². The SMILES string of the molecule is CC1(C)CC2CC(C)(CN2C(=O)COC(=O)c2ccc3c(c2)OCO3)C1. The van der Waals surface area contributed by atoms with Crippen LogP contribution in [0.5, 0.6) is 11.5 Å². The number of hydrogen-bond acceptors (Lipinski definition) is 5. The Morgan fingerprint density at radius 3 is 2.77 bits per heavy atom. The summed E-state index contributed by atoms with van der Waals surface area (Å²) in [4.78, 5) is 26.9. The fourth-order valence-corrected chi connectivity index (χ4v) is 5.07. The molecule has 1 aliphatic carbocycles. The third-order valence-electron chi connectivity index (χ3n) is 5.67. The molecule has 1 saturated carbocycles. The van der Waals surface area contributed by atoms with Crippen molar-refractivity contribution in [2.75, 3.05) is 19.9 Å². The van der Waals surface area contributed by atoms with Crippen molar-refractivity contribution >= 4 is 11.9 Å². The van der Waals surface area contributed by atoms with Crippen LogP contribution < -0.4 is 9.47 Å². The van der Waals surface area contributed by atoms with Gasteiger partial charge in [-0.15, -0.1) is 0 Å². The van der Waals surface area contributed by atoms with E-state index in [-0.39, 0.29) is 36.2 Å². The molecule has 2 unspecified atom stereocenters. The van der Waals surface area contributed by atoms with E-state index >= 15 is 0 Å². The fourth-order valence-electron chi connectivity index (χ4n) is 5.07. The van der Waals surface area contributed by atoms with Crippen molar-refractivity contribution in [1.29, 1.82) is 0 Å². The highest BCUT2D eigenvalue weighted by molar-refractivity contribution is 5.92. The van der Waals surface area contributed by atoms with Crippen molar-refractivity contribution < 1.29 is 23.8 Å². The van der Waals surface area contributed by atoms with Crippen molar-refractivity contribution in [3.8, 4) is 11.5 Å². The van der Waals surface area contributed by atoms with Crippen LogP contribution in [0.4, 0.5) is 0 Å². The largest absolute Gasteiger partial charge is 0.454 e. The van der Waals surface area contributed by atoms with Gasteiger partial charge >= 0.3 is 5.97 Å². The molecule has 1 saturated heterocycles. The summed E-state index contributed by atoms with van der Waals surface area (Å²) in [6, 6.07) is 5.13. The fraction of sp³-hybridized carbons (Fsp3) is 0.600. The van der Waals surface area contributed by atoms with Crippen LogP contribution in [0, 0.1) is 10.8 Å². The molecule has 2 aliphatic heterocycles. The molecule has 2 fully saturated rings. The summed E-state index contributed by atoms with van der Waals surface area (Å²) >= 11 is 0. The summed E-state index contributed by atoms with van der Waals surface area (Å²) in [7, 11) is 0. The Bertz CT molecular complexity index is 759. The Morgan fingerprint density at radius 2 is 1.96 bits per heavy atom. The van der Waals surface area contributed by atoms with Gasteiger partial charge in [-0.25, -0.2) is 4.79 Å². The van der Waals surface area contributed by atoms with E-state index in [1.165, 1.54) is 0 Å². The normalized spacial score (nSPS) is 28.1. The molecule has 1 amide bonds. The zero-order valence-electron chi connectivity index (χ0n) is 15.5. The zero-order valence-corrected chi connectivity index (χ0v) is 15.5. The summed E-state index contributed by atoms with van der Waals surface area (Å²) in [6.07, 6.45) is 3.17. The second kappa shape index (κ2) is 5.89. The van der Waals surface area contributed by atoms with Gasteiger partial charge in [0.25, 0.3) is 5.91 Å². The van der Waals surface area contributed by atoms with Gasteiger partial charge in [-0.2, -0.15) is 0 Å². The van der Waals surface area contributed by atoms with E-state index in [1.54, 1.807) is 18.2 Å². The lowest BCUT2D eigenvalue weighted by atomic mass is 9.65. The quantitative estimate of drug-likeness (QED) is 0.776. The van der Waals surface area contributed by atoms with Crippen molar-refractivity contribution in [2.24, 2.45) is 10.8 Å². The van der Waals surface area contributed by atoms with Gasteiger partial charge in [0.05, 0.1) is 5.56 Å². The number of nitrogens with zero attached hydrogens (tertiary/aromatic N) is 1. The van der Waals surface area contributed by atoms with Crippen LogP contribution in [0.3, 0.4) is 0 Å². The van der Waals surface area contributed by atoms with Crippen LogP contribution in [0.2, 0.25) is 0 Å². The van der Waals surface area contributed by atoms with Crippen molar-refractivity contribution in [2.45, 2.75) is 46.1 Å². The Balaban J connectivity index is 1.38. The molecule has 0 aromatic heterocycles. The van der Waals surface area contributed by atoms with Gasteiger partial charge in [-0.1, -0.05) is 20.8 Å². The molecular weight excluding hydrogens is 334 g/mol. The predicted octanol–water partition coefficient (Wildman–Crippen LogP) is 3.00. The molecule has 1 aromatic rings. The van der Waals surface area contributed by atoms with Gasteiger partial charge in [0.15, 0.2) is 18.1 Å². The van der Waals surface area contributed by atoms with E-state index in [9.17, 15) is 9.59 Å². The van der Waals surface area contributed by atoms with Gasteiger partial charge in [0, 0.05) is 12.6 Å². The van der Waals surface area contributed by atoms with Crippen LogP contribution in [0.25, 0.3) is 0 Å². The second-order valence-corrected chi connectivity index (χ2v) is 8.88. The third kappa shape index (κ3) is 3.13. The molecule has 6 nitrogen and oxygen atoms in total. The second-order valence-electron chi connectivity index (χ2n) is 8.88. The van der Waals surface area contributed by atoms with Crippen molar-refractivity contribution in [1.82, 2.24) is 4.90 Å². The third-order valence-corrected chi connectivity index (χ3v) is 5.67. The monoisotopic (exact) mass is 359 g/mol. The number of carbonyl (C=O) groups is 2. The number of fused-ring (bicyclic) bond motifs is 3. The summed E-state index contributed by atoms with van der Waals surface area (Å²) < 4.78 is 15.8.